The lowest BCUT2D eigenvalue weighted by molar-refractivity contribution is 0.0463. The van der Waals surface area contributed by atoms with E-state index in [2.05, 4.69) is 26.0 Å². The quantitative estimate of drug-likeness (QED) is 0.368. The van der Waals surface area contributed by atoms with E-state index in [0.717, 1.165) is 11.5 Å². The van der Waals surface area contributed by atoms with Crippen LogP contribution in [0.25, 0.3) is 0 Å². The van der Waals surface area contributed by atoms with Crippen LogP contribution in [0.2, 0.25) is 0 Å². The van der Waals surface area contributed by atoms with Crippen LogP contribution in [0.15, 0.2) is 91.0 Å². The van der Waals surface area contributed by atoms with Gasteiger partial charge in [-0.2, -0.15) is 0 Å². The van der Waals surface area contributed by atoms with Crippen molar-refractivity contribution >= 4 is 0 Å². The molecule has 0 radical (unpaired) electrons. The minimum atomic E-state index is 0.0485. The van der Waals surface area contributed by atoms with Crippen molar-refractivity contribution in [1.82, 2.24) is 0 Å². The van der Waals surface area contributed by atoms with Gasteiger partial charge in [0.1, 0.15) is 23.7 Å². The molecule has 0 aromatic heterocycles. The molecule has 4 nitrogen and oxygen atoms in total. The zero-order valence-electron chi connectivity index (χ0n) is 20.3. The van der Waals surface area contributed by atoms with Gasteiger partial charge in [0.05, 0.1) is 13.2 Å². The summed E-state index contributed by atoms with van der Waals surface area (Å²) in [5.74, 6) is 2.28. The topological polar surface area (TPSA) is 47.9 Å². The highest BCUT2D eigenvalue weighted by Crippen LogP contribution is 2.16. The summed E-state index contributed by atoms with van der Waals surface area (Å²) >= 11 is 0. The lowest BCUT2D eigenvalue weighted by Crippen LogP contribution is -2.25. The summed E-state index contributed by atoms with van der Waals surface area (Å²) in [5.41, 5.74) is 1.20. The van der Waals surface area contributed by atoms with Crippen molar-refractivity contribution < 1.29 is 19.3 Å². The summed E-state index contributed by atoms with van der Waals surface area (Å²) in [6.45, 7) is 9.68. The molecular weight excluding hydrogens is 412 g/mol. The zero-order valence-corrected chi connectivity index (χ0v) is 20.3. The Labute approximate surface area is 199 Å². The second-order valence-corrected chi connectivity index (χ2v) is 8.41. The lowest BCUT2D eigenvalue weighted by Gasteiger charge is -2.21. The number of hydrogen-bond donors (Lipinski definition) is 1. The van der Waals surface area contributed by atoms with Crippen molar-refractivity contribution in [3.8, 4) is 11.5 Å². The maximum Gasteiger partial charge on any atom is 0.119 e. The van der Waals surface area contributed by atoms with Gasteiger partial charge in [-0.25, -0.2) is 0 Å². The van der Waals surface area contributed by atoms with E-state index in [-0.39, 0.29) is 24.7 Å². The third kappa shape index (κ3) is 10.6. The number of rotatable bonds is 11. The minimum absolute atomic E-state index is 0.0485. The minimum Gasteiger partial charge on any atom is -0.490 e. The molecule has 0 saturated heterocycles. The summed E-state index contributed by atoms with van der Waals surface area (Å²) in [7, 11) is 0. The van der Waals surface area contributed by atoms with Crippen LogP contribution in [-0.4, -0.2) is 30.5 Å². The predicted molar refractivity (Wildman–Crippen MR) is 135 cm³/mol. The SMILES string of the molecule is C[C@H](CO)[C@H](C)Oc1ccccc1.C[C@H](COCc1ccccc1)[C@H](C)Oc1ccccc1. The highest BCUT2D eigenvalue weighted by atomic mass is 16.5. The molecule has 4 heteroatoms. The highest BCUT2D eigenvalue weighted by molar-refractivity contribution is 5.22. The van der Waals surface area contributed by atoms with Gasteiger partial charge in [0.2, 0.25) is 0 Å². The molecule has 0 saturated carbocycles. The van der Waals surface area contributed by atoms with Gasteiger partial charge >= 0.3 is 0 Å². The number of hydrogen-bond acceptors (Lipinski definition) is 4. The Kier molecular flexibility index (Phi) is 12.1. The Morgan fingerprint density at radius 1 is 0.606 bits per heavy atom. The first-order chi connectivity index (χ1) is 16.0. The third-order valence-electron chi connectivity index (χ3n) is 5.51. The fourth-order valence-corrected chi connectivity index (χ4v) is 2.88. The van der Waals surface area contributed by atoms with E-state index >= 15 is 0 Å². The normalized spacial score (nSPS) is 14.2. The number of aliphatic hydroxyl groups excluding tert-OH is 1. The van der Waals surface area contributed by atoms with E-state index in [0.29, 0.717) is 19.1 Å². The van der Waals surface area contributed by atoms with Crippen LogP contribution < -0.4 is 9.47 Å². The molecule has 0 spiro atoms. The fraction of sp³-hybridized carbons (Fsp3) is 0.379. The van der Waals surface area contributed by atoms with Crippen LogP contribution in [0.5, 0.6) is 11.5 Å². The van der Waals surface area contributed by atoms with E-state index in [1.165, 1.54) is 5.56 Å². The zero-order chi connectivity index (χ0) is 23.9. The number of aliphatic hydroxyl groups is 1. The molecule has 0 unspecified atom stereocenters. The third-order valence-corrected chi connectivity index (χ3v) is 5.51. The first-order valence-electron chi connectivity index (χ1n) is 11.7. The van der Waals surface area contributed by atoms with Crippen molar-refractivity contribution in [2.45, 2.75) is 46.5 Å². The van der Waals surface area contributed by atoms with E-state index in [9.17, 15) is 0 Å². The molecule has 3 aromatic rings. The van der Waals surface area contributed by atoms with Crippen molar-refractivity contribution in [3.63, 3.8) is 0 Å². The van der Waals surface area contributed by atoms with Gasteiger partial charge in [0.15, 0.2) is 0 Å². The van der Waals surface area contributed by atoms with Gasteiger partial charge in [0, 0.05) is 18.4 Å². The monoisotopic (exact) mass is 450 g/mol. The number of benzene rings is 3. The van der Waals surface area contributed by atoms with Gasteiger partial charge in [0.25, 0.3) is 0 Å². The molecule has 0 heterocycles. The summed E-state index contributed by atoms with van der Waals surface area (Å²) in [6, 6.07) is 29.8. The van der Waals surface area contributed by atoms with Crippen LogP contribution in [0.3, 0.4) is 0 Å². The van der Waals surface area contributed by atoms with Gasteiger partial charge in [-0.1, -0.05) is 80.6 Å². The molecule has 1 N–H and O–H groups in total. The Bertz CT molecular complexity index is 855. The number of ether oxygens (including phenoxy) is 3. The largest absolute Gasteiger partial charge is 0.490 e. The maximum absolute atomic E-state index is 8.90. The average molecular weight is 451 g/mol. The molecule has 0 amide bonds. The molecule has 0 bridgehead atoms. The predicted octanol–water partition coefficient (Wildman–Crippen LogP) is 6.39. The van der Waals surface area contributed by atoms with E-state index in [1.807, 2.05) is 92.7 Å². The van der Waals surface area contributed by atoms with Crippen molar-refractivity contribution in [2.75, 3.05) is 13.2 Å². The molecule has 0 aliphatic heterocycles. The Morgan fingerprint density at radius 2 is 1.03 bits per heavy atom. The van der Waals surface area contributed by atoms with Crippen molar-refractivity contribution in [1.29, 1.82) is 0 Å². The van der Waals surface area contributed by atoms with Crippen LogP contribution in [-0.2, 0) is 11.3 Å². The molecule has 4 atom stereocenters. The average Bonchev–Trinajstić information content (AvgIpc) is 2.85. The van der Waals surface area contributed by atoms with Crippen LogP contribution in [0, 0.1) is 11.8 Å². The smallest absolute Gasteiger partial charge is 0.119 e. The van der Waals surface area contributed by atoms with Gasteiger partial charge < -0.3 is 19.3 Å². The Balaban J connectivity index is 0.000000257. The lowest BCUT2D eigenvalue weighted by atomic mass is 10.1. The van der Waals surface area contributed by atoms with Crippen molar-refractivity contribution in [2.24, 2.45) is 11.8 Å². The molecule has 0 aliphatic carbocycles. The summed E-state index contributed by atoms with van der Waals surface area (Å²) in [5, 5.41) is 8.90. The fourth-order valence-electron chi connectivity index (χ4n) is 2.88. The number of para-hydroxylation sites is 2. The second kappa shape index (κ2) is 15.1. The van der Waals surface area contributed by atoms with Crippen molar-refractivity contribution in [3.05, 3.63) is 96.6 Å². The van der Waals surface area contributed by atoms with Gasteiger partial charge in [-0.15, -0.1) is 0 Å². The van der Waals surface area contributed by atoms with E-state index < -0.39 is 0 Å². The van der Waals surface area contributed by atoms with Crippen LogP contribution >= 0.6 is 0 Å². The Hall–Kier alpha value is -2.82. The van der Waals surface area contributed by atoms with Gasteiger partial charge in [-0.3, -0.25) is 0 Å². The molecule has 3 rings (SSSR count). The van der Waals surface area contributed by atoms with Crippen LogP contribution in [0.1, 0.15) is 33.3 Å². The van der Waals surface area contributed by atoms with Gasteiger partial charge in [-0.05, 0) is 43.7 Å². The Morgan fingerprint density at radius 3 is 1.48 bits per heavy atom. The molecular formula is C29H38O4. The first-order valence-corrected chi connectivity index (χ1v) is 11.7. The van der Waals surface area contributed by atoms with E-state index in [4.69, 9.17) is 19.3 Å². The summed E-state index contributed by atoms with van der Waals surface area (Å²) in [6.07, 6.45) is 0.181. The summed E-state index contributed by atoms with van der Waals surface area (Å²) in [4.78, 5) is 0. The molecule has 0 fully saturated rings. The molecule has 3 aromatic carbocycles. The maximum atomic E-state index is 8.90. The van der Waals surface area contributed by atoms with E-state index in [1.54, 1.807) is 0 Å². The van der Waals surface area contributed by atoms with Crippen LogP contribution in [0.4, 0.5) is 0 Å². The first kappa shape index (κ1) is 26.4. The highest BCUT2D eigenvalue weighted by Gasteiger charge is 2.14. The molecule has 0 aliphatic rings. The molecule has 178 valence electrons. The molecule has 33 heavy (non-hydrogen) atoms. The summed E-state index contributed by atoms with van der Waals surface area (Å²) < 4.78 is 17.3. The standard InChI is InChI=1S/C18H22O2.C11H16O2/c1-15(13-19-14-17-9-5-3-6-10-17)16(2)20-18-11-7-4-8-12-18;1-9(8-12)10(2)13-11-6-4-3-5-7-11/h3-12,15-16H,13-14H2,1-2H3;3-7,9-10,12H,8H2,1-2H3/t15-,16+;9-,10+/m11/s1. The second-order valence-electron chi connectivity index (χ2n) is 8.41.